The third-order valence-corrected chi connectivity index (χ3v) is 0.587. The van der Waals surface area contributed by atoms with Gasteiger partial charge in [0.05, 0.1) is 11.9 Å². The Morgan fingerprint density at radius 3 is 2.50 bits per heavy atom. The highest BCUT2D eigenvalue weighted by Gasteiger charge is 1.90. The third-order valence-electron chi connectivity index (χ3n) is 0.196. The number of rotatable bonds is 2. The molecular weight excluding hydrogens is 102 g/mol. The monoisotopic (exact) mass is 107 g/mol. The van der Waals surface area contributed by atoms with Gasteiger partial charge in [0, 0.05) is 4.58 Å². The number of nitroso groups, excluding NO2 is 1. The Bertz CT molecular complexity index is 46.8. The largest absolute Gasteiger partial charge is 0.381 e. The van der Waals surface area contributed by atoms with Crippen LogP contribution in [0.1, 0.15) is 6.92 Å². The Morgan fingerprint density at radius 2 is 2.50 bits per heavy atom. The molecule has 1 N–H and O–H groups in total. The molecule has 36 valence electrons. The molecule has 3 nitrogen and oxygen atoms in total. The second kappa shape index (κ2) is 3.11. The number of aliphatic hydroxyl groups is 1. The molecule has 1 unspecified atom stereocenters. The summed E-state index contributed by atoms with van der Waals surface area (Å²) < 4.78 is 2.35. The molecule has 0 radical (unpaired) electrons. The van der Waals surface area contributed by atoms with E-state index < -0.39 is 5.44 Å². The highest BCUT2D eigenvalue weighted by Crippen LogP contribution is 2.04. The SMILES string of the molecule is CC(O)SN=O. The molecule has 0 aliphatic carbocycles. The van der Waals surface area contributed by atoms with Gasteiger partial charge in [0.25, 0.3) is 0 Å². The van der Waals surface area contributed by atoms with Gasteiger partial charge in [-0.1, -0.05) is 0 Å². The van der Waals surface area contributed by atoms with Gasteiger partial charge < -0.3 is 5.11 Å². The van der Waals surface area contributed by atoms with Crippen molar-refractivity contribution in [1.29, 1.82) is 0 Å². The van der Waals surface area contributed by atoms with Crippen molar-refractivity contribution in [3.63, 3.8) is 0 Å². The van der Waals surface area contributed by atoms with Gasteiger partial charge in [-0.3, -0.25) is 0 Å². The average molecular weight is 107 g/mol. The van der Waals surface area contributed by atoms with E-state index in [4.69, 9.17) is 10.0 Å². The molecule has 0 aromatic carbocycles. The van der Waals surface area contributed by atoms with Crippen LogP contribution in [0.2, 0.25) is 0 Å². The minimum atomic E-state index is -0.664. The normalized spacial score (nSPS) is 13.7. The zero-order chi connectivity index (χ0) is 4.99. The molecule has 0 heterocycles. The van der Waals surface area contributed by atoms with Crippen LogP contribution < -0.4 is 0 Å². The van der Waals surface area contributed by atoms with E-state index in [1.165, 1.54) is 6.92 Å². The molecule has 0 fully saturated rings. The van der Waals surface area contributed by atoms with Gasteiger partial charge in [-0.25, -0.2) is 0 Å². The maximum absolute atomic E-state index is 9.17. The molecule has 0 rings (SSSR count). The molecule has 0 aliphatic rings. The fourth-order valence-electron chi connectivity index (χ4n) is 0.0623. The second-order valence-corrected chi connectivity index (χ2v) is 1.82. The zero-order valence-corrected chi connectivity index (χ0v) is 4.10. The van der Waals surface area contributed by atoms with E-state index in [2.05, 4.69) is 4.58 Å². The minimum Gasteiger partial charge on any atom is -0.381 e. The van der Waals surface area contributed by atoms with Gasteiger partial charge in [0.1, 0.15) is 5.44 Å². The highest BCUT2D eigenvalue weighted by atomic mass is 32.2. The molecule has 0 amide bonds. The lowest BCUT2D eigenvalue weighted by molar-refractivity contribution is 0.284. The topological polar surface area (TPSA) is 49.7 Å². The Balaban J connectivity index is 2.81. The summed E-state index contributed by atoms with van der Waals surface area (Å²) >= 11 is 0.611. The van der Waals surface area contributed by atoms with E-state index in [-0.39, 0.29) is 0 Å². The van der Waals surface area contributed by atoms with Crippen molar-refractivity contribution in [3.8, 4) is 0 Å². The summed E-state index contributed by atoms with van der Waals surface area (Å²) in [5, 5.41) is 8.22. The van der Waals surface area contributed by atoms with Crippen LogP contribution in [-0.2, 0) is 0 Å². The molecule has 1 atom stereocenters. The second-order valence-electron chi connectivity index (χ2n) is 0.779. The summed E-state index contributed by atoms with van der Waals surface area (Å²) in [6.07, 6.45) is 0. The average Bonchev–Trinajstić information content (AvgIpc) is 1.35. The minimum absolute atomic E-state index is 0.611. The van der Waals surface area contributed by atoms with Crippen LogP contribution in [0.15, 0.2) is 4.58 Å². The van der Waals surface area contributed by atoms with Crippen LogP contribution in [0, 0.1) is 4.91 Å². The smallest absolute Gasteiger partial charge is 0.121 e. The fourth-order valence-corrected chi connectivity index (χ4v) is 0.187. The Kier molecular flexibility index (Phi) is 3.07. The molecule has 4 heteroatoms. The first-order valence-electron chi connectivity index (χ1n) is 1.44. The van der Waals surface area contributed by atoms with Crippen LogP contribution in [0.4, 0.5) is 0 Å². The summed E-state index contributed by atoms with van der Waals surface area (Å²) in [5.74, 6) is 0. The summed E-state index contributed by atoms with van der Waals surface area (Å²) in [5.41, 5.74) is -0.664. The van der Waals surface area contributed by atoms with E-state index in [0.717, 1.165) is 0 Å². The van der Waals surface area contributed by atoms with Crippen molar-refractivity contribution in [2.75, 3.05) is 0 Å². The van der Waals surface area contributed by atoms with Gasteiger partial charge >= 0.3 is 0 Å². The van der Waals surface area contributed by atoms with Gasteiger partial charge in [-0.2, -0.15) is 0 Å². The highest BCUT2D eigenvalue weighted by molar-refractivity contribution is 7.98. The van der Waals surface area contributed by atoms with Crippen molar-refractivity contribution in [1.82, 2.24) is 0 Å². The predicted molar refractivity (Wildman–Crippen MR) is 25.1 cm³/mol. The first-order valence-corrected chi connectivity index (χ1v) is 2.27. The number of hydrogen-bond acceptors (Lipinski definition) is 4. The molecule has 6 heavy (non-hydrogen) atoms. The van der Waals surface area contributed by atoms with E-state index >= 15 is 0 Å². The maximum atomic E-state index is 9.17. The van der Waals surface area contributed by atoms with E-state index in [1.54, 1.807) is 0 Å². The Morgan fingerprint density at radius 1 is 2.00 bits per heavy atom. The molecule has 0 aromatic rings. The van der Waals surface area contributed by atoms with Crippen molar-refractivity contribution in [2.45, 2.75) is 12.4 Å². The van der Waals surface area contributed by atoms with E-state index in [9.17, 15) is 0 Å². The lowest BCUT2D eigenvalue weighted by Gasteiger charge is -1.87. The van der Waals surface area contributed by atoms with Gasteiger partial charge in [-0.05, 0) is 6.92 Å². The van der Waals surface area contributed by atoms with E-state index in [1.807, 2.05) is 0 Å². The molecule has 0 saturated carbocycles. The van der Waals surface area contributed by atoms with Gasteiger partial charge in [0.15, 0.2) is 0 Å². The number of nitrogens with zero attached hydrogens (tertiary/aromatic N) is 1. The molecule has 0 aliphatic heterocycles. The Hall–Kier alpha value is -0.0900. The Labute approximate surface area is 39.9 Å². The first kappa shape index (κ1) is 5.91. The summed E-state index contributed by atoms with van der Waals surface area (Å²) in [4.78, 5) is 9.17. The lowest BCUT2D eigenvalue weighted by atomic mass is 10.9. The van der Waals surface area contributed by atoms with Crippen LogP contribution >= 0.6 is 11.9 Å². The van der Waals surface area contributed by atoms with Crippen LogP contribution in [0.5, 0.6) is 0 Å². The zero-order valence-electron chi connectivity index (χ0n) is 3.29. The first-order chi connectivity index (χ1) is 2.77. The van der Waals surface area contributed by atoms with Crippen molar-refractivity contribution in [2.24, 2.45) is 4.58 Å². The van der Waals surface area contributed by atoms with Crippen LogP contribution in [0.25, 0.3) is 0 Å². The summed E-state index contributed by atoms with van der Waals surface area (Å²) in [7, 11) is 0. The molecular formula is C2H5NO2S. The standard InChI is InChI=1S/C2H5NO2S/c1-2(4)6-3-5/h2,4H,1H3. The predicted octanol–water partition coefficient (Wildman–Crippen LogP) is 0.739. The number of aliphatic hydroxyl groups excluding tert-OH is 1. The lowest BCUT2D eigenvalue weighted by Crippen LogP contribution is -1.86. The summed E-state index contributed by atoms with van der Waals surface area (Å²) in [6, 6.07) is 0. The quantitative estimate of drug-likeness (QED) is 0.321. The molecule has 0 saturated heterocycles. The summed E-state index contributed by atoms with van der Waals surface area (Å²) in [6.45, 7) is 1.48. The number of hydrogen-bond donors (Lipinski definition) is 1. The van der Waals surface area contributed by atoms with Crippen LogP contribution in [0.3, 0.4) is 0 Å². The van der Waals surface area contributed by atoms with Gasteiger partial charge in [0.2, 0.25) is 0 Å². The van der Waals surface area contributed by atoms with Crippen molar-refractivity contribution < 1.29 is 5.11 Å². The molecule has 0 bridgehead atoms. The maximum Gasteiger partial charge on any atom is 0.121 e. The third kappa shape index (κ3) is 3.91. The van der Waals surface area contributed by atoms with Crippen molar-refractivity contribution >= 4 is 11.9 Å². The molecule has 0 spiro atoms. The van der Waals surface area contributed by atoms with Gasteiger partial charge in [-0.15, -0.1) is 4.91 Å². The van der Waals surface area contributed by atoms with Crippen molar-refractivity contribution in [3.05, 3.63) is 4.91 Å². The van der Waals surface area contributed by atoms with Crippen LogP contribution in [-0.4, -0.2) is 10.5 Å². The molecule has 0 aromatic heterocycles. The fraction of sp³-hybridized carbons (Fsp3) is 1.00. The van der Waals surface area contributed by atoms with E-state index in [0.29, 0.717) is 11.9 Å².